The maximum atomic E-state index is 6.15. The van der Waals surface area contributed by atoms with Crippen LogP contribution in [0.3, 0.4) is 0 Å². The highest BCUT2D eigenvalue weighted by atomic mass is 28.4. The third-order valence-electron chi connectivity index (χ3n) is 3.25. The van der Waals surface area contributed by atoms with E-state index in [4.69, 9.17) is 17.7 Å². The molecule has 21 heavy (non-hydrogen) atoms. The molecule has 1 aromatic rings. The number of hydrogen-bond donors (Lipinski definition) is 0. The van der Waals surface area contributed by atoms with E-state index in [2.05, 4.69) is 37.8 Å². The first-order chi connectivity index (χ1) is 9.86. The highest BCUT2D eigenvalue weighted by Crippen LogP contribution is 2.25. The molecule has 0 saturated heterocycles. The predicted molar refractivity (Wildman–Crippen MR) is 90.3 cm³/mol. The van der Waals surface area contributed by atoms with Crippen molar-refractivity contribution in [2.45, 2.75) is 38.5 Å². The number of aryl methyl sites for hydroxylation is 1. The fraction of sp³-hybridized carbons (Fsp3) is 0.600. The Balaban J connectivity index is 2.67. The third-order valence-corrected chi connectivity index (χ3v) is 6.92. The maximum absolute atomic E-state index is 6.15. The van der Waals surface area contributed by atoms with E-state index in [0.29, 0.717) is 0 Å². The lowest BCUT2D eigenvalue weighted by atomic mass is 10.1. The molecule has 0 aliphatic carbocycles. The van der Waals surface area contributed by atoms with Gasteiger partial charge in [0.15, 0.2) is 0 Å². The summed E-state index contributed by atoms with van der Waals surface area (Å²) in [6, 6.07) is 9.07. The minimum absolute atomic E-state index is 0.803. The Kier molecular flexibility index (Phi) is 7.09. The van der Waals surface area contributed by atoms with Gasteiger partial charge in [-0.15, -0.1) is 0 Å². The van der Waals surface area contributed by atoms with Gasteiger partial charge < -0.3 is 17.7 Å². The topological polar surface area (TPSA) is 36.9 Å². The van der Waals surface area contributed by atoms with E-state index < -0.39 is 17.1 Å². The molecule has 0 fully saturated rings. The van der Waals surface area contributed by atoms with Crippen LogP contribution >= 0.6 is 0 Å². The Labute approximate surface area is 130 Å². The van der Waals surface area contributed by atoms with Crippen LogP contribution in [0.4, 0.5) is 0 Å². The molecule has 0 spiro atoms. The largest absolute Gasteiger partial charge is 0.544 e. The van der Waals surface area contributed by atoms with Crippen LogP contribution in [0.25, 0.3) is 0 Å². The minimum Gasteiger partial charge on any atom is -0.544 e. The van der Waals surface area contributed by atoms with E-state index >= 15 is 0 Å². The minimum atomic E-state index is -2.47. The lowest BCUT2D eigenvalue weighted by molar-refractivity contribution is 0.123. The quantitative estimate of drug-likeness (QED) is 0.648. The molecule has 1 aromatic carbocycles. The van der Waals surface area contributed by atoms with Crippen LogP contribution in [0.15, 0.2) is 24.3 Å². The Morgan fingerprint density at radius 2 is 1.48 bits per heavy atom. The van der Waals surface area contributed by atoms with Crippen molar-refractivity contribution in [1.29, 1.82) is 0 Å². The van der Waals surface area contributed by atoms with E-state index in [1.54, 1.807) is 21.3 Å². The molecular formula is C15H28O4Si2. The molecule has 0 atom stereocenters. The number of para-hydroxylation sites is 1. The van der Waals surface area contributed by atoms with Gasteiger partial charge in [0.25, 0.3) is 0 Å². The van der Waals surface area contributed by atoms with Gasteiger partial charge in [0.2, 0.25) is 8.32 Å². The SMILES string of the molecule is CO[Si](CCCc1ccccc1O[Si](C)(C)C)(OC)OC. The molecular weight excluding hydrogens is 300 g/mol. The zero-order chi connectivity index (χ0) is 15.9. The van der Waals surface area contributed by atoms with Crippen LogP contribution in [0.2, 0.25) is 25.7 Å². The lowest BCUT2D eigenvalue weighted by Crippen LogP contribution is -2.42. The van der Waals surface area contributed by atoms with Gasteiger partial charge in [0.05, 0.1) is 0 Å². The first kappa shape index (κ1) is 18.4. The summed E-state index contributed by atoms with van der Waals surface area (Å²) in [6.45, 7) is 6.59. The van der Waals surface area contributed by atoms with Gasteiger partial charge in [-0.1, -0.05) is 18.2 Å². The van der Waals surface area contributed by atoms with Gasteiger partial charge in [0.1, 0.15) is 5.75 Å². The van der Waals surface area contributed by atoms with Gasteiger partial charge in [-0.05, 0) is 44.1 Å². The van der Waals surface area contributed by atoms with Crippen LogP contribution < -0.4 is 4.43 Å². The summed E-state index contributed by atoms with van der Waals surface area (Å²) in [4.78, 5) is 0. The van der Waals surface area contributed by atoms with Crippen molar-refractivity contribution < 1.29 is 17.7 Å². The molecule has 0 heterocycles. The Morgan fingerprint density at radius 1 is 0.905 bits per heavy atom. The van der Waals surface area contributed by atoms with Gasteiger partial charge in [-0.2, -0.15) is 0 Å². The number of hydrogen-bond acceptors (Lipinski definition) is 4. The Hall–Kier alpha value is -0.666. The highest BCUT2D eigenvalue weighted by Gasteiger charge is 2.36. The standard InChI is InChI=1S/C15H28O4Si2/c1-16-21(17-2,18-3)13-9-11-14-10-7-8-12-15(14)19-20(4,5)6/h7-8,10,12H,9,11,13H2,1-6H3. The fourth-order valence-corrected chi connectivity index (χ4v) is 4.77. The molecule has 0 aliphatic heterocycles. The molecule has 0 bridgehead atoms. The molecule has 1 rings (SSSR count). The zero-order valence-electron chi connectivity index (χ0n) is 14.1. The summed E-state index contributed by atoms with van der Waals surface area (Å²) < 4.78 is 22.5. The number of benzene rings is 1. The van der Waals surface area contributed by atoms with Gasteiger partial charge >= 0.3 is 8.80 Å². The lowest BCUT2D eigenvalue weighted by Gasteiger charge is -2.25. The van der Waals surface area contributed by atoms with E-state index in [-0.39, 0.29) is 0 Å². The van der Waals surface area contributed by atoms with Crippen molar-refractivity contribution >= 4 is 17.1 Å². The molecule has 4 nitrogen and oxygen atoms in total. The van der Waals surface area contributed by atoms with Crippen molar-refractivity contribution in [3.63, 3.8) is 0 Å². The molecule has 0 N–H and O–H groups in total. The van der Waals surface area contributed by atoms with E-state index in [1.165, 1.54) is 5.56 Å². The second-order valence-electron chi connectivity index (χ2n) is 5.97. The first-order valence-electron chi connectivity index (χ1n) is 7.28. The van der Waals surface area contributed by atoms with Gasteiger partial charge in [0, 0.05) is 27.4 Å². The smallest absolute Gasteiger partial charge is 0.500 e. The van der Waals surface area contributed by atoms with Crippen molar-refractivity contribution in [2.75, 3.05) is 21.3 Å². The predicted octanol–water partition coefficient (Wildman–Crippen LogP) is 3.71. The average Bonchev–Trinajstić information content (AvgIpc) is 2.44. The monoisotopic (exact) mass is 328 g/mol. The molecule has 0 saturated carbocycles. The summed E-state index contributed by atoms with van der Waals surface area (Å²) in [5.74, 6) is 1.01. The van der Waals surface area contributed by atoms with Crippen molar-refractivity contribution in [1.82, 2.24) is 0 Å². The summed E-state index contributed by atoms with van der Waals surface area (Å²) in [5.41, 5.74) is 1.24. The van der Waals surface area contributed by atoms with Crippen LogP contribution in [-0.4, -0.2) is 38.5 Å². The summed E-state index contributed by atoms with van der Waals surface area (Å²) in [7, 11) is 0.904. The molecule has 0 unspecified atom stereocenters. The number of rotatable bonds is 9. The molecule has 0 aliphatic rings. The first-order valence-corrected chi connectivity index (χ1v) is 12.6. The van der Waals surface area contributed by atoms with E-state index in [9.17, 15) is 0 Å². The second-order valence-corrected chi connectivity index (χ2v) is 13.5. The van der Waals surface area contributed by atoms with Crippen LogP contribution in [0.5, 0.6) is 5.75 Å². The van der Waals surface area contributed by atoms with E-state index in [1.807, 2.05) is 6.07 Å². The Bertz CT molecular complexity index is 420. The third kappa shape index (κ3) is 5.92. The Morgan fingerprint density at radius 3 is 2.00 bits per heavy atom. The van der Waals surface area contributed by atoms with Gasteiger partial charge in [-0.3, -0.25) is 0 Å². The maximum Gasteiger partial charge on any atom is 0.500 e. The van der Waals surface area contributed by atoms with E-state index in [0.717, 1.165) is 24.6 Å². The molecule has 120 valence electrons. The summed E-state index contributed by atoms with van der Waals surface area (Å²) in [5, 5.41) is 0. The van der Waals surface area contributed by atoms with Crippen LogP contribution in [0, 0.1) is 0 Å². The molecule has 0 aromatic heterocycles. The summed E-state index contributed by atoms with van der Waals surface area (Å²) in [6.07, 6.45) is 1.89. The molecule has 6 heteroatoms. The average molecular weight is 329 g/mol. The van der Waals surface area contributed by atoms with Crippen LogP contribution in [-0.2, 0) is 19.7 Å². The zero-order valence-corrected chi connectivity index (χ0v) is 16.1. The van der Waals surface area contributed by atoms with Crippen molar-refractivity contribution in [3.8, 4) is 5.75 Å². The normalized spacial score (nSPS) is 12.5. The summed E-state index contributed by atoms with van der Waals surface area (Å²) >= 11 is 0. The van der Waals surface area contributed by atoms with Crippen molar-refractivity contribution in [3.05, 3.63) is 29.8 Å². The van der Waals surface area contributed by atoms with Gasteiger partial charge in [-0.25, -0.2) is 0 Å². The van der Waals surface area contributed by atoms with Crippen molar-refractivity contribution in [2.24, 2.45) is 0 Å². The second kappa shape index (κ2) is 8.09. The molecule has 0 radical (unpaired) electrons. The fourth-order valence-electron chi connectivity index (χ4n) is 2.19. The van der Waals surface area contributed by atoms with Crippen LogP contribution in [0.1, 0.15) is 12.0 Å². The molecule has 0 amide bonds. The highest BCUT2D eigenvalue weighted by molar-refractivity contribution is 6.70.